The number of aliphatic hydroxyl groups excluding tert-OH is 2. The molecule has 0 aliphatic heterocycles. The van der Waals surface area contributed by atoms with Crippen LogP contribution in [0.25, 0.3) is 0 Å². The van der Waals surface area contributed by atoms with Gasteiger partial charge in [-0.1, -0.05) is 18.2 Å². The smallest absolute Gasteiger partial charge is 0.118 e. The molecule has 0 aliphatic rings. The van der Waals surface area contributed by atoms with Crippen LogP contribution in [0.2, 0.25) is 0 Å². The molecule has 0 fully saturated rings. The molecule has 106 valence electrons. The maximum absolute atomic E-state index is 9.44. The third-order valence-corrected chi connectivity index (χ3v) is 2.82. The molecule has 0 saturated heterocycles. The molecule has 0 unspecified atom stereocenters. The Labute approximate surface area is 114 Å². The Hall–Kier alpha value is -1.36. The van der Waals surface area contributed by atoms with Gasteiger partial charge in [0.2, 0.25) is 0 Å². The third-order valence-electron chi connectivity index (χ3n) is 2.82. The highest BCUT2D eigenvalue weighted by atomic mass is 16.5. The van der Waals surface area contributed by atoms with E-state index in [0.717, 1.165) is 11.3 Å². The molecule has 19 heavy (non-hydrogen) atoms. The molecule has 1 rings (SSSR count). The Bertz CT molecular complexity index is 361. The highest BCUT2D eigenvalue weighted by Crippen LogP contribution is 2.15. The molecule has 2 N–H and O–H groups in total. The first kappa shape index (κ1) is 15.7. The molecule has 4 heteroatoms. The van der Waals surface area contributed by atoms with Gasteiger partial charge in [0.15, 0.2) is 0 Å². The van der Waals surface area contributed by atoms with Gasteiger partial charge in [-0.2, -0.15) is 0 Å². The van der Waals surface area contributed by atoms with E-state index < -0.39 is 6.10 Å². The van der Waals surface area contributed by atoms with Crippen molar-refractivity contribution in [1.82, 2.24) is 0 Å². The lowest BCUT2D eigenvalue weighted by atomic mass is 10.1. The Balaban J connectivity index is 2.47. The van der Waals surface area contributed by atoms with Gasteiger partial charge in [0.1, 0.15) is 5.75 Å². The van der Waals surface area contributed by atoms with E-state index in [9.17, 15) is 5.11 Å². The maximum atomic E-state index is 9.44. The second kappa shape index (κ2) is 8.69. The fourth-order valence-electron chi connectivity index (χ4n) is 1.73. The molecule has 0 heterocycles. The molecule has 2 atom stereocenters. The molecule has 0 saturated carbocycles. The zero-order valence-corrected chi connectivity index (χ0v) is 11.3. The maximum Gasteiger partial charge on any atom is 0.118 e. The molecule has 1 aromatic rings. The minimum atomic E-state index is -0.749. The number of ether oxygens (including phenoxy) is 2. The normalized spacial score (nSPS) is 13.8. The second-order valence-electron chi connectivity index (χ2n) is 4.38. The number of methoxy groups -OCH3 is 1. The van der Waals surface area contributed by atoms with Gasteiger partial charge < -0.3 is 19.7 Å². The molecule has 1 aromatic carbocycles. The van der Waals surface area contributed by atoms with E-state index in [1.54, 1.807) is 13.2 Å². The van der Waals surface area contributed by atoms with E-state index in [1.807, 2.05) is 24.3 Å². The summed E-state index contributed by atoms with van der Waals surface area (Å²) < 4.78 is 10.8. The van der Waals surface area contributed by atoms with Gasteiger partial charge >= 0.3 is 0 Å². The van der Waals surface area contributed by atoms with Gasteiger partial charge in [-0.25, -0.2) is 0 Å². The third kappa shape index (κ3) is 5.87. The fourth-order valence-corrected chi connectivity index (χ4v) is 1.73. The topological polar surface area (TPSA) is 58.9 Å². The Morgan fingerprint density at radius 3 is 2.53 bits per heavy atom. The summed E-state index contributed by atoms with van der Waals surface area (Å²) in [5.74, 6) is 0.807. The van der Waals surface area contributed by atoms with Crippen LogP contribution in [0.15, 0.2) is 36.9 Å². The van der Waals surface area contributed by atoms with Crippen molar-refractivity contribution in [3.05, 3.63) is 42.5 Å². The van der Waals surface area contributed by atoms with Crippen molar-refractivity contribution in [2.24, 2.45) is 0 Å². The number of hydrogen-bond donors (Lipinski definition) is 2. The largest absolute Gasteiger partial charge is 0.497 e. The van der Waals surface area contributed by atoms with Crippen LogP contribution in [0.5, 0.6) is 5.75 Å². The summed E-state index contributed by atoms with van der Waals surface area (Å²) in [7, 11) is 1.63. The molecule has 0 aliphatic carbocycles. The lowest BCUT2D eigenvalue weighted by molar-refractivity contribution is -0.00853. The quantitative estimate of drug-likeness (QED) is 0.670. The summed E-state index contributed by atoms with van der Waals surface area (Å²) in [5.41, 5.74) is 1.04. The Morgan fingerprint density at radius 1 is 1.32 bits per heavy atom. The van der Waals surface area contributed by atoms with Crippen molar-refractivity contribution in [1.29, 1.82) is 0 Å². The molecule has 0 amide bonds. The highest BCUT2D eigenvalue weighted by molar-refractivity contribution is 5.26. The van der Waals surface area contributed by atoms with E-state index in [4.69, 9.17) is 14.6 Å². The predicted molar refractivity (Wildman–Crippen MR) is 74.1 cm³/mol. The molecule has 0 aromatic heterocycles. The van der Waals surface area contributed by atoms with Gasteiger partial charge in [-0.3, -0.25) is 0 Å². The SMILES string of the molecule is C=CC[C@H](C[C@H](O)CO)OCc1ccc(OC)cc1. The van der Waals surface area contributed by atoms with Crippen LogP contribution < -0.4 is 4.74 Å². The molecule has 4 nitrogen and oxygen atoms in total. The molecular formula is C15H22O4. The summed E-state index contributed by atoms with van der Waals surface area (Å²) in [6.07, 6.45) is 1.91. The van der Waals surface area contributed by atoms with Crippen molar-refractivity contribution >= 4 is 0 Å². The minimum absolute atomic E-state index is 0.137. The zero-order chi connectivity index (χ0) is 14.1. The fraction of sp³-hybridized carbons (Fsp3) is 0.467. The van der Waals surface area contributed by atoms with Crippen molar-refractivity contribution < 1.29 is 19.7 Å². The van der Waals surface area contributed by atoms with Crippen molar-refractivity contribution in [2.75, 3.05) is 13.7 Å². The predicted octanol–water partition coefficient (Wildman–Crippen LogP) is 1.90. The first-order valence-corrected chi connectivity index (χ1v) is 6.34. The van der Waals surface area contributed by atoms with Crippen LogP contribution in [-0.4, -0.2) is 36.1 Å². The lowest BCUT2D eigenvalue weighted by Crippen LogP contribution is -2.23. The van der Waals surface area contributed by atoms with E-state index >= 15 is 0 Å². The van der Waals surface area contributed by atoms with Gasteiger partial charge in [0, 0.05) is 6.42 Å². The highest BCUT2D eigenvalue weighted by Gasteiger charge is 2.13. The van der Waals surface area contributed by atoms with Crippen LogP contribution in [0, 0.1) is 0 Å². The van der Waals surface area contributed by atoms with Gasteiger partial charge in [-0.05, 0) is 24.1 Å². The zero-order valence-electron chi connectivity index (χ0n) is 11.3. The van der Waals surface area contributed by atoms with E-state index in [2.05, 4.69) is 6.58 Å². The number of benzene rings is 1. The monoisotopic (exact) mass is 266 g/mol. The van der Waals surface area contributed by atoms with E-state index in [-0.39, 0.29) is 12.7 Å². The molecule has 0 spiro atoms. The Kier molecular flexibility index (Phi) is 7.18. The number of hydrogen-bond acceptors (Lipinski definition) is 4. The van der Waals surface area contributed by atoms with E-state index in [1.165, 1.54) is 0 Å². The number of aliphatic hydroxyl groups is 2. The molecule has 0 bridgehead atoms. The van der Waals surface area contributed by atoms with Crippen molar-refractivity contribution in [3.8, 4) is 5.75 Å². The van der Waals surface area contributed by atoms with Gasteiger partial charge in [0.25, 0.3) is 0 Å². The summed E-state index contributed by atoms with van der Waals surface area (Å²) in [6.45, 7) is 3.88. The van der Waals surface area contributed by atoms with Gasteiger partial charge in [-0.15, -0.1) is 6.58 Å². The minimum Gasteiger partial charge on any atom is -0.497 e. The standard InChI is InChI=1S/C15H22O4/c1-3-4-15(9-13(17)10-16)19-11-12-5-7-14(18-2)8-6-12/h3,5-8,13,15-17H,1,4,9-11H2,2H3/t13-,15+/m0/s1. The summed E-state index contributed by atoms with van der Waals surface area (Å²) in [6, 6.07) is 7.63. The number of rotatable bonds is 9. The first-order valence-electron chi connectivity index (χ1n) is 6.34. The van der Waals surface area contributed by atoms with Crippen molar-refractivity contribution in [2.45, 2.75) is 31.7 Å². The van der Waals surface area contributed by atoms with Crippen LogP contribution in [0.4, 0.5) is 0 Å². The lowest BCUT2D eigenvalue weighted by Gasteiger charge is -2.19. The summed E-state index contributed by atoms with van der Waals surface area (Å²) >= 11 is 0. The molecule has 0 radical (unpaired) electrons. The average Bonchev–Trinajstić information content (AvgIpc) is 2.45. The first-order chi connectivity index (χ1) is 9.19. The average molecular weight is 266 g/mol. The van der Waals surface area contributed by atoms with Crippen LogP contribution in [0.1, 0.15) is 18.4 Å². The Morgan fingerprint density at radius 2 is 2.00 bits per heavy atom. The second-order valence-corrected chi connectivity index (χ2v) is 4.38. The van der Waals surface area contributed by atoms with E-state index in [0.29, 0.717) is 19.4 Å². The van der Waals surface area contributed by atoms with Crippen LogP contribution in [0.3, 0.4) is 0 Å². The van der Waals surface area contributed by atoms with Crippen molar-refractivity contribution in [3.63, 3.8) is 0 Å². The van der Waals surface area contributed by atoms with Gasteiger partial charge in [0.05, 0.1) is 32.5 Å². The van der Waals surface area contributed by atoms with Crippen LogP contribution in [-0.2, 0) is 11.3 Å². The summed E-state index contributed by atoms with van der Waals surface area (Å²) in [5, 5.41) is 18.3. The molecular weight excluding hydrogens is 244 g/mol. The summed E-state index contributed by atoms with van der Waals surface area (Å²) in [4.78, 5) is 0. The van der Waals surface area contributed by atoms with Crippen LogP contribution >= 0.6 is 0 Å².